The van der Waals surface area contributed by atoms with Crippen molar-refractivity contribution in [1.82, 2.24) is 4.98 Å². The van der Waals surface area contributed by atoms with Crippen molar-refractivity contribution in [2.45, 2.75) is 20.8 Å². The third-order valence-corrected chi connectivity index (χ3v) is 4.16. The van der Waals surface area contributed by atoms with Crippen LogP contribution >= 0.6 is 0 Å². The van der Waals surface area contributed by atoms with Crippen LogP contribution in [0.25, 0.3) is 22.4 Å². The third kappa shape index (κ3) is 4.63. The average Bonchev–Trinajstić information content (AvgIpc) is 2.70. The van der Waals surface area contributed by atoms with E-state index >= 15 is 0 Å². The second-order valence-corrected chi connectivity index (χ2v) is 5.95. The van der Waals surface area contributed by atoms with E-state index in [4.69, 9.17) is 11.5 Å². The van der Waals surface area contributed by atoms with Crippen LogP contribution in [0.1, 0.15) is 40.3 Å². The lowest BCUT2D eigenvalue weighted by Crippen LogP contribution is -2.13. The first-order chi connectivity index (χ1) is 13.8. The van der Waals surface area contributed by atoms with Gasteiger partial charge in [-0.05, 0) is 48.9 Å². The van der Waals surface area contributed by atoms with Crippen molar-refractivity contribution >= 4 is 11.8 Å². The molecular formula is C22H21F2N3O2. The molecule has 0 atom stereocenters. The predicted molar refractivity (Wildman–Crippen MR) is 108 cm³/mol. The Hall–Kier alpha value is -3.61. The van der Waals surface area contributed by atoms with Crippen molar-refractivity contribution in [2.24, 2.45) is 11.5 Å². The van der Waals surface area contributed by atoms with Gasteiger partial charge in [-0.15, -0.1) is 0 Å². The average molecular weight is 397 g/mol. The number of hydrogen-bond donors (Lipinski definition) is 2. The number of carbonyl (C=O) groups is 2. The first kappa shape index (κ1) is 21.7. The Balaban J connectivity index is 0.00000145. The predicted octanol–water partition coefficient (Wildman–Crippen LogP) is 4.23. The highest BCUT2D eigenvalue weighted by Gasteiger charge is 2.14. The Morgan fingerprint density at radius 3 is 1.76 bits per heavy atom. The Kier molecular flexibility index (Phi) is 6.77. The topological polar surface area (TPSA) is 99.1 Å². The van der Waals surface area contributed by atoms with Crippen LogP contribution in [0.5, 0.6) is 0 Å². The van der Waals surface area contributed by atoms with Gasteiger partial charge in [0.05, 0.1) is 16.8 Å². The summed E-state index contributed by atoms with van der Waals surface area (Å²) < 4.78 is 27.3. The van der Waals surface area contributed by atoms with Gasteiger partial charge in [-0.1, -0.05) is 26.0 Å². The van der Waals surface area contributed by atoms with Crippen molar-refractivity contribution in [2.75, 3.05) is 0 Å². The van der Waals surface area contributed by atoms with Gasteiger partial charge in [0, 0.05) is 16.8 Å². The second kappa shape index (κ2) is 9.05. The number of hydrogen-bond acceptors (Lipinski definition) is 3. The summed E-state index contributed by atoms with van der Waals surface area (Å²) in [5.41, 5.74) is 12.8. The molecule has 0 aliphatic heterocycles. The van der Waals surface area contributed by atoms with E-state index in [2.05, 4.69) is 4.98 Å². The number of aromatic nitrogens is 1. The van der Waals surface area contributed by atoms with Crippen molar-refractivity contribution in [3.8, 4) is 22.4 Å². The van der Waals surface area contributed by atoms with E-state index in [0.717, 1.165) is 6.07 Å². The molecule has 5 nitrogen and oxygen atoms in total. The normalized spacial score (nSPS) is 10.1. The fraction of sp³-hybridized carbons (Fsp3) is 0.136. The highest BCUT2D eigenvalue weighted by molar-refractivity contribution is 5.95. The zero-order valence-corrected chi connectivity index (χ0v) is 16.3. The summed E-state index contributed by atoms with van der Waals surface area (Å²) >= 11 is 0. The lowest BCUT2D eigenvalue weighted by atomic mass is 9.99. The molecule has 3 rings (SSSR count). The molecule has 1 heterocycles. The maximum Gasteiger partial charge on any atom is 0.251 e. The first-order valence-electron chi connectivity index (χ1n) is 8.95. The van der Waals surface area contributed by atoms with Crippen molar-refractivity contribution in [3.63, 3.8) is 0 Å². The molecule has 7 heteroatoms. The first-order valence-corrected chi connectivity index (χ1v) is 8.95. The van der Waals surface area contributed by atoms with Gasteiger partial charge in [0.2, 0.25) is 0 Å². The number of carbonyl (C=O) groups excluding carboxylic acids is 2. The van der Waals surface area contributed by atoms with Gasteiger partial charge in [0.15, 0.2) is 0 Å². The summed E-state index contributed by atoms with van der Waals surface area (Å²) in [7, 11) is 0. The maximum atomic E-state index is 13.7. The highest BCUT2D eigenvalue weighted by atomic mass is 19.1. The largest absolute Gasteiger partial charge is 0.366 e. The zero-order chi connectivity index (χ0) is 21.7. The van der Waals surface area contributed by atoms with Crippen LogP contribution in [0.2, 0.25) is 0 Å². The number of nitrogens with two attached hydrogens (primary N) is 2. The highest BCUT2D eigenvalue weighted by Crippen LogP contribution is 2.28. The Morgan fingerprint density at radius 2 is 1.28 bits per heavy atom. The molecule has 4 N–H and O–H groups in total. The van der Waals surface area contributed by atoms with Gasteiger partial charge in [-0.2, -0.15) is 0 Å². The Labute approximate surface area is 167 Å². The molecule has 0 bridgehead atoms. The second-order valence-electron chi connectivity index (χ2n) is 5.95. The number of aryl methyl sites for hydroxylation is 1. The van der Waals surface area contributed by atoms with E-state index in [9.17, 15) is 18.4 Å². The monoisotopic (exact) mass is 397 g/mol. The molecule has 0 fully saturated rings. The molecule has 0 radical (unpaired) electrons. The van der Waals surface area contributed by atoms with Crippen molar-refractivity contribution in [1.29, 1.82) is 0 Å². The summed E-state index contributed by atoms with van der Waals surface area (Å²) in [6.07, 6.45) is 0. The summed E-state index contributed by atoms with van der Waals surface area (Å²) in [6.45, 7) is 5.74. The molecule has 0 spiro atoms. The lowest BCUT2D eigenvalue weighted by Gasteiger charge is -2.10. The standard InChI is InChI=1S/C20H15F2N3O2.C2H6/c1-10-13(11-2-5-16(21)14(8-11)19(23)26)4-7-18(25-10)12-3-6-17(22)15(9-12)20(24)27;1-2/h2-9H,1H3,(H2,23,26)(H2,24,27);1-2H3. The van der Waals surface area contributed by atoms with E-state index in [1.165, 1.54) is 30.3 Å². The van der Waals surface area contributed by atoms with Crippen LogP contribution in [0, 0.1) is 18.6 Å². The van der Waals surface area contributed by atoms with Crippen LogP contribution in [-0.2, 0) is 0 Å². The van der Waals surface area contributed by atoms with Gasteiger partial charge in [0.1, 0.15) is 11.6 Å². The summed E-state index contributed by atoms with van der Waals surface area (Å²) in [4.78, 5) is 27.1. The van der Waals surface area contributed by atoms with Crippen LogP contribution in [-0.4, -0.2) is 16.8 Å². The molecule has 150 valence electrons. The quantitative estimate of drug-likeness (QED) is 0.689. The number of nitrogens with zero attached hydrogens (tertiary/aromatic N) is 1. The third-order valence-electron chi connectivity index (χ3n) is 4.16. The molecule has 0 saturated carbocycles. The van der Waals surface area contributed by atoms with Crippen molar-refractivity contribution in [3.05, 3.63) is 77.0 Å². The summed E-state index contributed by atoms with van der Waals surface area (Å²) in [5, 5.41) is 0. The molecule has 1 aromatic heterocycles. The Morgan fingerprint density at radius 1 is 0.793 bits per heavy atom. The van der Waals surface area contributed by atoms with E-state index in [0.29, 0.717) is 28.1 Å². The summed E-state index contributed by atoms with van der Waals surface area (Å²) in [6, 6.07) is 11.4. The molecule has 2 aromatic carbocycles. The molecule has 0 aliphatic rings. The SMILES string of the molecule is CC.Cc1nc(-c2ccc(F)c(C(N)=O)c2)ccc1-c1ccc(F)c(C(N)=O)c1. The fourth-order valence-electron chi connectivity index (χ4n) is 2.78. The van der Waals surface area contributed by atoms with E-state index in [1.54, 1.807) is 19.1 Å². The smallest absolute Gasteiger partial charge is 0.251 e. The van der Waals surface area contributed by atoms with Crippen LogP contribution in [0.4, 0.5) is 8.78 Å². The molecule has 3 aromatic rings. The number of amides is 2. The molecule has 0 aliphatic carbocycles. The van der Waals surface area contributed by atoms with E-state index in [-0.39, 0.29) is 11.1 Å². The van der Waals surface area contributed by atoms with Gasteiger partial charge < -0.3 is 11.5 Å². The summed E-state index contributed by atoms with van der Waals surface area (Å²) in [5.74, 6) is -3.13. The minimum Gasteiger partial charge on any atom is -0.366 e. The Bertz CT molecular complexity index is 1080. The number of halogens is 2. The van der Waals surface area contributed by atoms with Gasteiger partial charge in [0.25, 0.3) is 11.8 Å². The number of primary amides is 2. The van der Waals surface area contributed by atoms with Gasteiger partial charge in [-0.3, -0.25) is 14.6 Å². The minimum atomic E-state index is -0.868. The van der Waals surface area contributed by atoms with Crippen LogP contribution < -0.4 is 11.5 Å². The lowest BCUT2D eigenvalue weighted by molar-refractivity contribution is 0.0987. The van der Waals surface area contributed by atoms with E-state index < -0.39 is 23.4 Å². The van der Waals surface area contributed by atoms with Crippen LogP contribution in [0.15, 0.2) is 48.5 Å². The number of rotatable bonds is 4. The fourth-order valence-corrected chi connectivity index (χ4v) is 2.78. The number of pyridine rings is 1. The van der Waals surface area contributed by atoms with Gasteiger partial charge >= 0.3 is 0 Å². The molecular weight excluding hydrogens is 376 g/mol. The van der Waals surface area contributed by atoms with E-state index in [1.807, 2.05) is 13.8 Å². The van der Waals surface area contributed by atoms with Gasteiger partial charge in [-0.25, -0.2) is 8.78 Å². The zero-order valence-electron chi connectivity index (χ0n) is 16.3. The maximum absolute atomic E-state index is 13.7. The molecule has 2 amide bonds. The molecule has 0 unspecified atom stereocenters. The molecule has 0 saturated heterocycles. The van der Waals surface area contributed by atoms with Crippen molar-refractivity contribution < 1.29 is 18.4 Å². The minimum absolute atomic E-state index is 0.208. The molecule has 29 heavy (non-hydrogen) atoms. The number of benzene rings is 2. The van der Waals surface area contributed by atoms with Crippen LogP contribution in [0.3, 0.4) is 0 Å².